The molecule has 1 aromatic heterocycles. The van der Waals surface area contributed by atoms with E-state index in [1.165, 1.54) is 12.8 Å². The van der Waals surface area contributed by atoms with Crippen LogP contribution in [0.25, 0.3) is 0 Å². The van der Waals surface area contributed by atoms with Crippen LogP contribution in [0.4, 0.5) is 0 Å². The summed E-state index contributed by atoms with van der Waals surface area (Å²) < 4.78 is 1.03. The Morgan fingerprint density at radius 3 is 2.94 bits per heavy atom. The molecular weight excluding hydrogens is 266 g/mol. The highest BCUT2D eigenvalue weighted by molar-refractivity contribution is 9.10. The van der Waals surface area contributed by atoms with Crippen molar-refractivity contribution in [3.8, 4) is 0 Å². The molecule has 0 aliphatic heterocycles. The largest absolute Gasteiger partial charge is 0.310 e. The van der Waals surface area contributed by atoms with Gasteiger partial charge in [0.15, 0.2) is 0 Å². The second-order valence-electron chi connectivity index (χ2n) is 4.36. The first-order valence-electron chi connectivity index (χ1n) is 5.77. The van der Waals surface area contributed by atoms with Gasteiger partial charge in [-0.15, -0.1) is 0 Å². The van der Waals surface area contributed by atoms with Crippen LogP contribution < -0.4 is 5.32 Å². The Morgan fingerprint density at radius 1 is 1.50 bits per heavy atom. The van der Waals surface area contributed by atoms with E-state index in [1.54, 1.807) is 0 Å². The van der Waals surface area contributed by atoms with Crippen LogP contribution in [0.2, 0.25) is 0 Å². The number of pyridine rings is 1. The molecule has 2 rings (SSSR count). The standard InChI is InChI=1S/C12H18BrN3/c1-16(12-4-5-12)7-6-14-9-11-3-2-10(13)8-15-11/h2-3,8,12,14H,4-7,9H2,1H3. The maximum Gasteiger partial charge on any atom is 0.0542 e. The predicted molar refractivity (Wildman–Crippen MR) is 69.3 cm³/mol. The third kappa shape index (κ3) is 3.85. The quantitative estimate of drug-likeness (QED) is 0.810. The van der Waals surface area contributed by atoms with Gasteiger partial charge in [0.25, 0.3) is 0 Å². The fraction of sp³-hybridized carbons (Fsp3) is 0.583. The lowest BCUT2D eigenvalue weighted by Crippen LogP contribution is -2.30. The SMILES string of the molecule is CN(CCNCc1ccc(Br)cn1)C1CC1. The molecule has 3 nitrogen and oxygen atoms in total. The number of likely N-dealkylation sites (N-methyl/N-ethyl adjacent to an activating group) is 1. The molecule has 0 radical (unpaired) electrons. The number of halogens is 1. The topological polar surface area (TPSA) is 28.2 Å². The average molecular weight is 284 g/mol. The molecule has 0 unspecified atom stereocenters. The lowest BCUT2D eigenvalue weighted by atomic mass is 10.3. The summed E-state index contributed by atoms with van der Waals surface area (Å²) in [6.07, 6.45) is 4.60. The Hall–Kier alpha value is -0.450. The number of aromatic nitrogens is 1. The Balaban J connectivity index is 1.62. The fourth-order valence-corrected chi connectivity index (χ4v) is 1.92. The van der Waals surface area contributed by atoms with Gasteiger partial charge in [-0.05, 0) is 48.0 Å². The molecule has 1 heterocycles. The van der Waals surface area contributed by atoms with Gasteiger partial charge < -0.3 is 10.2 Å². The minimum Gasteiger partial charge on any atom is -0.310 e. The molecular formula is C12H18BrN3. The van der Waals surface area contributed by atoms with E-state index in [0.717, 1.165) is 35.8 Å². The first-order chi connectivity index (χ1) is 7.75. The zero-order chi connectivity index (χ0) is 11.4. The second-order valence-corrected chi connectivity index (χ2v) is 5.27. The zero-order valence-electron chi connectivity index (χ0n) is 9.62. The molecule has 16 heavy (non-hydrogen) atoms. The van der Waals surface area contributed by atoms with Crippen LogP contribution in [0.5, 0.6) is 0 Å². The molecule has 4 heteroatoms. The van der Waals surface area contributed by atoms with Gasteiger partial charge in [0.2, 0.25) is 0 Å². The van der Waals surface area contributed by atoms with E-state index in [4.69, 9.17) is 0 Å². The van der Waals surface area contributed by atoms with Gasteiger partial charge in [-0.25, -0.2) is 0 Å². The first-order valence-corrected chi connectivity index (χ1v) is 6.56. The van der Waals surface area contributed by atoms with Gasteiger partial charge in [0.1, 0.15) is 0 Å². The number of rotatable bonds is 6. The molecule has 0 bridgehead atoms. The summed E-state index contributed by atoms with van der Waals surface area (Å²) in [6.45, 7) is 3.01. The molecule has 0 atom stereocenters. The molecule has 0 aromatic carbocycles. The van der Waals surface area contributed by atoms with Crippen molar-refractivity contribution in [3.05, 3.63) is 28.5 Å². The Kier molecular flexibility index (Phi) is 4.32. The Morgan fingerprint density at radius 2 is 2.31 bits per heavy atom. The van der Waals surface area contributed by atoms with E-state index in [-0.39, 0.29) is 0 Å². The highest BCUT2D eigenvalue weighted by Crippen LogP contribution is 2.24. The van der Waals surface area contributed by atoms with Crippen LogP contribution in [0.15, 0.2) is 22.8 Å². The third-order valence-electron chi connectivity index (χ3n) is 2.91. The summed E-state index contributed by atoms with van der Waals surface area (Å²) in [5, 5.41) is 3.42. The number of hydrogen-bond donors (Lipinski definition) is 1. The molecule has 0 saturated heterocycles. The molecule has 0 amide bonds. The first kappa shape index (κ1) is 12.0. The van der Waals surface area contributed by atoms with Crippen molar-refractivity contribution in [2.75, 3.05) is 20.1 Å². The summed E-state index contributed by atoms with van der Waals surface area (Å²) >= 11 is 3.38. The summed E-state index contributed by atoms with van der Waals surface area (Å²) in [5.74, 6) is 0. The normalized spacial score (nSPS) is 15.7. The smallest absolute Gasteiger partial charge is 0.0542 e. The lowest BCUT2D eigenvalue weighted by Gasteiger charge is -2.15. The number of nitrogens with one attached hydrogen (secondary N) is 1. The fourth-order valence-electron chi connectivity index (χ4n) is 1.68. The molecule has 1 N–H and O–H groups in total. The van der Waals surface area contributed by atoms with Crippen molar-refractivity contribution in [2.45, 2.75) is 25.4 Å². The van der Waals surface area contributed by atoms with E-state index in [2.05, 4.69) is 38.2 Å². The average Bonchev–Trinajstić information content (AvgIpc) is 3.10. The van der Waals surface area contributed by atoms with E-state index in [9.17, 15) is 0 Å². The highest BCUT2D eigenvalue weighted by Gasteiger charge is 2.25. The maximum absolute atomic E-state index is 4.32. The Bertz CT molecular complexity index is 322. The summed E-state index contributed by atoms with van der Waals surface area (Å²) in [5.41, 5.74) is 1.09. The zero-order valence-corrected chi connectivity index (χ0v) is 11.2. The van der Waals surface area contributed by atoms with Crippen molar-refractivity contribution in [3.63, 3.8) is 0 Å². The van der Waals surface area contributed by atoms with Crippen molar-refractivity contribution in [1.82, 2.24) is 15.2 Å². The van der Waals surface area contributed by atoms with Gasteiger partial charge in [0, 0.05) is 36.3 Å². The van der Waals surface area contributed by atoms with Crippen molar-refractivity contribution < 1.29 is 0 Å². The van der Waals surface area contributed by atoms with E-state index in [1.807, 2.05) is 18.3 Å². The van der Waals surface area contributed by atoms with Crippen molar-refractivity contribution >= 4 is 15.9 Å². The highest BCUT2D eigenvalue weighted by atomic mass is 79.9. The van der Waals surface area contributed by atoms with Gasteiger partial charge in [-0.3, -0.25) is 4.98 Å². The van der Waals surface area contributed by atoms with E-state index >= 15 is 0 Å². The van der Waals surface area contributed by atoms with Gasteiger partial charge in [-0.1, -0.05) is 0 Å². The molecule has 1 saturated carbocycles. The minimum atomic E-state index is 0.853. The molecule has 1 fully saturated rings. The summed E-state index contributed by atoms with van der Waals surface area (Å²) in [6, 6.07) is 4.93. The molecule has 1 aliphatic carbocycles. The molecule has 1 aliphatic rings. The van der Waals surface area contributed by atoms with Crippen LogP contribution in [-0.2, 0) is 6.54 Å². The predicted octanol–water partition coefficient (Wildman–Crippen LogP) is 2.03. The third-order valence-corrected chi connectivity index (χ3v) is 3.38. The monoisotopic (exact) mass is 283 g/mol. The van der Waals surface area contributed by atoms with Crippen LogP contribution >= 0.6 is 15.9 Å². The van der Waals surface area contributed by atoms with Gasteiger partial charge in [-0.2, -0.15) is 0 Å². The molecule has 88 valence electrons. The van der Waals surface area contributed by atoms with Crippen LogP contribution in [0, 0.1) is 0 Å². The molecule has 1 aromatic rings. The lowest BCUT2D eigenvalue weighted by molar-refractivity contribution is 0.321. The maximum atomic E-state index is 4.32. The van der Waals surface area contributed by atoms with E-state index < -0.39 is 0 Å². The summed E-state index contributed by atoms with van der Waals surface area (Å²) in [7, 11) is 2.21. The van der Waals surface area contributed by atoms with Crippen molar-refractivity contribution in [2.24, 2.45) is 0 Å². The Labute approximate surface area is 105 Å². The van der Waals surface area contributed by atoms with E-state index in [0.29, 0.717) is 0 Å². The van der Waals surface area contributed by atoms with Crippen LogP contribution in [0.3, 0.4) is 0 Å². The number of nitrogens with zero attached hydrogens (tertiary/aromatic N) is 2. The van der Waals surface area contributed by atoms with Crippen LogP contribution in [-0.4, -0.2) is 36.1 Å². The minimum absolute atomic E-state index is 0.853. The molecule has 0 spiro atoms. The van der Waals surface area contributed by atoms with Crippen molar-refractivity contribution in [1.29, 1.82) is 0 Å². The summed E-state index contributed by atoms with van der Waals surface area (Å²) in [4.78, 5) is 6.75. The van der Waals surface area contributed by atoms with Crippen LogP contribution in [0.1, 0.15) is 18.5 Å². The van der Waals surface area contributed by atoms with Gasteiger partial charge in [0.05, 0.1) is 5.69 Å². The number of hydrogen-bond acceptors (Lipinski definition) is 3. The van der Waals surface area contributed by atoms with Gasteiger partial charge >= 0.3 is 0 Å². The second kappa shape index (κ2) is 5.75.